The second-order valence-electron chi connectivity index (χ2n) is 10.8. The first-order valence-corrected chi connectivity index (χ1v) is 13.9. The van der Waals surface area contributed by atoms with Crippen LogP contribution in [-0.4, -0.2) is 39.3 Å². The number of carbonyl (C=O) groups excluding carboxylic acids is 2. The van der Waals surface area contributed by atoms with Crippen LogP contribution in [0, 0.1) is 24.2 Å². The first-order chi connectivity index (χ1) is 16.8. The number of thiocarbonyl (C=S) groups is 1. The normalized spacial score (nSPS) is 23.4. The van der Waals surface area contributed by atoms with Crippen LogP contribution in [0.25, 0.3) is 0 Å². The molecule has 4 N–H and O–H groups in total. The highest BCUT2D eigenvalue weighted by Crippen LogP contribution is 2.70. The number of hydrogen-bond donors (Lipinski definition) is 4. The zero-order chi connectivity index (χ0) is 24.3. The van der Waals surface area contributed by atoms with Gasteiger partial charge < -0.3 is 21.3 Å². The van der Waals surface area contributed by atoms with Crippen molar-refractivity contribution in [3.63, 3.8) is 0 Å². The number of nitrogens with zero attached hydrogens (tertiary/aromatic N) is 2. The second kappa shape index (κ2) is 8.58. The molecule has 2 aromatic heterocycles. The molecular formula is C25H32N6O2S2. The van der Waals surface area contributed by atoms with E-state index < -0.39 is 0 Å². The molecule has 2 amide bonds. The number of aromatic nitrogens is 2. The molecule has 0 radical (unpaired) electrons. The van der Waals surface area contributed by atoms with Crippen LogP contribution in [0.1, 0.15) is 65.0 Å². The summed E-state index contributed by atoms with van der Waals surface area (Å²) in [4.78, 5) is 27.5. The molecule has 3 fully saturated rings. The van der Waals surface area contributed by atoms with E-state index in [1.807, 2.05) is 20.0 Å². The van der Waals surface area contributed by atoms with Crippen LogP contribution in [0.5, 0.6) is 0 Å². The Hall–Kier alpha value is -2.46. The summed E-state index contributed by atoms with van der Waals surface area (Å²) in [7, 11) is 1.88. The van der Waals surface area contributed by atoms with Crippen molar-refractivity contribution < 1.29 is 9.59 Å². The number of carbonyl (C=O) groups is 2. The van der Waals surface area contributed by atoms with Crippen LogP contribution >= 0.6 is 23.6 Å². The van der Waals surface area contributed by atoms with E-state index in [2.05, 4.69) is 26.4 Å². The molecule has 0 bridgehead atoms. The lowest BCUT2D eigenvalue weighted by atomic mass is 9.91. The van der Waals surface area contributed by atoms with Crippen molar-refractivity contribution in [1.82, 2.24) is 20.4 Å². The van der Waals surface area contributed by atoms with Crippen LogP contribution in [0.3, 0.4) is 0 Å². The molecule has 0 saturated heterocycles. The number of rotatable bonds is 7. The summed E-state index contributed by atoms with van der Waals surface area (Å²) in [6.45, 7) is 2.66. The first kappa shape index (κ1) is 23.0. The lowest BCUT2D eigenvalue weighted by molar-refractivity contribution is -0.117. The maximum absolute atomic E-state index is 13.3. The number of thiophene rings is 1. The third-order valence-corrected chi connectivity index (χ3v) is 9.38. The summed E-state index contributed by atoms with van der Waals surface area (Å²) in [5, 5.41) is 18.6. The lowest BCUT2D eigenvalue weighted by Crippen LogP contribution is -2.41. The highest BCUT2D eigenvalue weighted by Gasteiger charge is 2.65. The Bertz CT molecular complexity index is 1210. The van der Waals surface area contributed by atoms with Gasteiger partial charge in [0.05, 0.1) is 11.3 Å². The minimum atomic E-state index is -0.0617. The van der Waals surface area contributed by atoms with Gasteiger partial charge in [0.2, 0.25) is 5.91 Å². The van der Waals surface area contributed by atoms with Crippen molar-refractivity contribution in [1.29, 1.82) is 0 Å². The Morgan fingerprint density at radius 1 is 1.26 bits per heavy atom. The third kappa shape index (κ3) is 4.70. The first-order valence-electron chi connectivity index (χ1n) is 12.6. The van der Waals surface area contributed by atoms with Gasteiger partial charge in [-0.2, -0.15) is 5.10 Å². The number of aryl methyl sites for hydroxylation is 3. The molecular weight excluding hydrogens is 480 g/mol. The molecule has 2 heterocycles. The van der Waals surface area contributed by atoms with Crippen molar-refractivity contribution in [2.45, 2.75) is 64.3 Å². The highest BCUT2D eigenvalue weighted by molar-refractivity contribution is 7.80. The molecule has 0 aromatic carbocycles. The molecule has 1 spiro atoms. The van der Waals surface area contributed by atoms with Gasteiger partial charge in [-0.05, 0) is 87.4 Å². The second-order valence-corrected chi connectivity index (χ2v) is 12.3. The summed E-state index contributed by atoms with van der Waals surface area (Å²) in [5.74, 6) is 1.58. The molecule has 2 aromatic rings. The Morgan fingerprint density at radius 3 is 2.71 bits per heavy atom. The van der Waals surface area contributed by atoms with Crippen LogP contribution < -0.4 is 21.3 Å². The SMILES string of the molecule is Cc1cc(NC(=S)NC2CCc3sc(NC(=O)C4CC45CC5)c(C(=O)NCC4CC4)c3C2)n(C)n1. The van der Waals surface area contributed by atoms with Gasteiger partial charge in [-0.25, -0.2) is 0 Å². The van der Waals surface area contributed by atoms with E-state index >= 15 is 0 Å². The summed E-state index contributed by atoms with van der Waals surface area (Å²) >= 11 is 7.16. The number of amides is 2. The smallest absolute Gasteiger partial charge is 0.254 e. The van der Waals surface area contributed by atoms with E-state index in [0.717, 1.165) is 41.3 Å². The topological polar surface area (TPSA) is 100 Å². The fourth-order valence-corrected chi connectivity index (χ4v) is 6.89. The van der Waals surface area contributed by atoms with Crippen LogP contribution in [-0.2, 0) is 24.7 Å². The van der Waals surface area contributed by atoms with Gasteiger partial charge in [0.1, 0.15) is 10.8 Å². The number of anilines is 2. The summed E-state index contributed by atoms with van der Waals surface area (Å²) < 4.78 is 1.77. The zero-order valence-electron chi connectivity index (χ0n) is 20.2. The monoisotopic (exact) mass is 512 g/mol. The number of hydrogen-bond acceptors (Lipinski definition) is 5. The predicted molar refractivity (Wildman–Crippen MR) is 141 cm³/mol. The third-order valence-electron chi connectivity index (χ3n) is 7.95. The maximum atomic E-state index is 13.3. The zero-order valence-corrected chi connectivity index (χ0v) is 21.8. The maximum Gasteiger partial charge on any atom is 0.254 e. The Labute approximate surface area is 214 Å². The average molecular weight is 513 g/mol. The van der Waals surface area contributed by atoms with Crippen LogP contribution in [0.4, 0.5) is 10.8 Å². The number of fused-ring (bicyclic) bond motifs is 1. The summed E-state index contributed by atoms with van der Waals surface area (Å²) in [6.07, 6.45) is 8.18. The van der Waals surface area contributed by atoms with Crippen LogP contribution in [0.15, 0.2) is 6.07 Å². The van der Waals surface area contributed by atoms with Crippen molar-refractivity contribution in [3.8, 4) is 0 Å². The molecule has 2 atom stereocenters. The van der Waals surface area contributed by atoms with Gasteiger partial charge in [-0.3, -0.25) is 14.3 Å². The van der Waals surface area contributed by atoms with E-state index in [1.165, 1.54) is 30.6 Å². The Balaban J connectivity index is 1.17. The molecule has 4 aliphatic carbocycles. The van der Waals surface area contributed by atoms with Crippen molar-refractivity contribution in [2.75, 3.05) is 17.2 Å². The minimum absolute atomic E-state index is 0.0617. The Kier molecular flexibility index (Phi) is 5.63. The van der Waals surface area contributed by atoms with E-state index in [1.54, 1.807) is 16.0 Å². The molecule has 3 saturated carbocycles. The fraction of sp³-hybridized carbons (Fsp3) is 0.600. The van der Waals surface area contributed by atoms with Gasteiger partial charge in [-0.1, -0.05) is 0 Å². The quantitative estimate of drug-likeness (QED) is 0.424. The van der Waals surface area contributed by atoms with Crippen molar-refractivity contribution >= 4 is 51.3 Å². The predicted octanol–water partition coefficient (Wildman–Crippen LogP) is 3.51. The number of nitrogens with one attached hydrogen (secondary N) is 4. The van der Waals surface area contributed by atoms with E-state index in [-0.39, 0.29) is 23.8 Å². The minimum Gasteiger partial charge on any atom is -0.359 e. The molecule has 0 aliphatic heterocycles. The standard InChI is InChI=1S/C25H32N6O2S2/c1-13-9-19(31(2)30-13)28-24(34)27-15-5-6-18-16(10-15)20(22(33)26-12-14-3-4-14)23(35-18)29-21(32)17-11-25(17)7-8-25/h9,14-15,17H,3-8,10-12H2,1-2H3,(H,26,33)(H,29,32)(H2,27,28,34). The van der Waals surface area contributed by atoms with E-state index in [4.69, 9.17) is 12.2 Å². The van der Waals surface area contributed by atoms with Crippen molar-refractivity contribution in [2.24, 2.45) is 24.3 Å². The molecule has 10 heteroatoms. The van der Waals surface area contributed by atoms with Crippen molar-refractivity contribution in [3.05, 3.63) is 27.8 Å². The van der Waals surface area contributed by atoms with Crippen LogP contribution in [0.2, 0.25) is 0 Å². The van der Waals surface area contributed by atoms with Gasteiger partial charge in [-0.15, -0.1) is 11.3 Å². The highest BCUT2D eigenvalue weighted by atomic mass is 32.1. The molecule has 4 aliphatic rings. The Morgan fingerprint density at radius 2 is 2.06 bits per heavy atom. The molecule has 2 unspecified atom stereocenters. The van der Waals surface area contributed by atoms with Gasteiger partial charge in [0, 0.05) is 36.5 Å². The molecule has 8 nitrogen and oxygen atoms in total. The van der Waals surface area contributed by atoms with Gasteiger partial charge in [0.15, 0.2) is 5.11 Å². The van der Waals surface area contributed by atoms with E-state index in [0.29, 0.717) is 35.0 Å². The summed E-state index contributed by atoms with van der Waals surface area (Å²) in [6, 6.07) is 2.07. The van der Waals surface area contributed by atoms with Gasteiger partial charge in [0.25, 0.3) is 5.91 Å². The molecule has 186 valence electrons. The molecule has 6 rings (SSSR count). The lowest BCUT2D eigenvalue weighted by Gasteiger charge is -2.25. The summed E-state index contributed by atoms with van der Waals surface area (Å²) in [5.41, 5.74) is 2.93. The fourth-order valence-electron chi connectivity index (χ4n) is 5.38. The van der Waals surface area contributed by atoms with E-state index in [9.17, 15) is 9.59 Å². The van der Waals surface area contributed by atoms with Gasteiger partial charge >= 0.3 is 0 Å². The average Bonchev–Trinajstić information content (AvgIpc) is 3.74. The largest absolute Gasteiger partial charge is 0.359 e. The molecule has 35 heavy (non-hydrogen) atoms.